The zero-order valence-electron chi connectivity index (χ0n) is 12.9. The molecule has 0 unspecified atom stereocenters. The number of pyridine rings is 1. The number of benzene rings is 1. The van der Waals surface area contributed by atoms with E-state index in [1.807, 2.05) is 24.3 Å². The maximum absolute atomic E-state index is 5.79. The van der Waals surface area contributed by atoms with Crippen LogP contribution in [-0.4, -0.2) is 32.7 Å². The van der Waals surface area contributed by atoms with Gasteiger partial charge in [0.25, 0.3) is 5.95 Å². The molecule has 0 fully saturated rings. The molecule has 124 valence electrons. The predicted octanol–water partition coefficient (Wildman–Crippen LogP) is 2.45. The van der Waals surface area contributed by atoms with Crippen molar-refractivity contribution in [3.05, 3.63) is 52.8 Å². The number of hydrogen-bond acceptors (Lipinski definition) is 7. The monoisotopic (exact) mass is 346 g/mol. The molecule has 0 atom stereocenters. The lowest BCUT2D eigenvalue weighted by atomic mass is 10.2. The molecule has 3 aromatic rings. The Kier molecular flexibility index (Phi) is 5.07. The van der Waals surface area contributed by atoms with Crippen molar-refractivity contribution in [2.75, 3.05) is 12.4 Å². The Morgan fingerprint density at radius 3 is 2.75 bits per heavy atom. The molecule has 24 heavy (non-hydrogen) atoms. The number of aromatic nitrogens is 5. The van der Waals surface area contributed by atoms with Gasteiger partial charge in [0.1, 0.15) is 11.8 Å². The number of anilines is 1. The molecule has 0 bridgehead atoms. The van der Waals surface area contributed by atoms with Gasteiger partial charge < -0.3 is 14.8 Å². The van der Waals surface area contributed by atoms with Crippen molar-refractivity contribution < 1.29 is 9.47 Å². The van der Waals surface area contributed by atoms with Crippen molar-refractivity contribution in [2.45, 2.75) is 13.2 Å². The Morgan fingerprint density at radius 2 is 2.04 bits per heavy atom. The highest BCUT2D eigenvalue weighted by molar-refractivity contribution is 6.29. The van der Waals surface area contributed by atoms with Crippen LogP contribution in [0, 0.1) is 0 Å². The van der Waals surface area contributed by atoms with Gasteiger partial charge in [0.15, 0.2) is 11.5 Å². The number of H-pyrrole nitrogens is 1. The van der Waals surface area contributed by atoms with Crippen LogP contribution in [0.5, 0.6) is 11.5 Å². The van der Waals surface area contributed by atoms with E-state index in [2.05, 4.69) is 30.9 Å². The summed E-state index contributed by atoms with van der Waals surface area (Å²) in [6, 6.07) is 9.28. The second-order valence-corrected chi connectivity index (χ2v) is 5.24. The number of methoxy groups -OCH3 is 1. The molecule has 0 aliphatic heterocycles. The lowest BCUT2D eigenvalue weighted by molar-refractivity contribution is 0.284. The lowest BCUT2D eigenvalue weighted by Gasteiger charge is -2.12. The topological polar surface area (TPSA) is 97.8 Å². The van der Waals surface area contributed by atoms with Crippen LogP contribution < -0.4 is 14.8 Å². The van der Waals surface area contributed by atoms with Crippen molar-refractivity contribution in [3.63, 3.8) is 0 Å². The van der Waals surface area contributed by atoms with Crippen molar-refractivity contribution in [3.8, 4) is 11.5 Å². The average Bonchev–Trinajstić information content (AvgIpc) is 3.13. The zero-order chi connectivity index (χ0) is 16.8. The van der Waals surface area contributed by atoms with Gasteiger partial charge in [-0.05, 0) is 29.0 Å². The fourth-order valence-corrected chi connectivity index (χ4v) is 2.12. The van der Waals surface area contributed by atoms with Crippen molar-refractivity contribution in [1.82, 2.24) is 25.6 Å². The van der Waals surface area contributed by atoms with Gasteiger partial charge in [-0.15, -0.1) is 5.10 Å². The third-order valence-electron chi connectivity index (χ3n) is 3.21. The van der Waals surface area contributed by atoms with E-state index in [1.54, 1.807) is 19.4 Å². The standard InChI is InChI=1S/C15H15ClN6O2/c1-23-13-6-10(7-18-15-19-21-22-20-15)2-4-12(13)24-9-11-3-5-14(16)17-8-11/h2-6,8H,7,9H2,1H3,(H2,18,19,20,21,22). The minimum atomic E-state index is 0.376. The van der Waals surface area contributed by atoms with Crippen LogP contribution in [0.4, 0.5) is 5.95 Å². The van der Waals surface area contributed by atoms with E-state index in [9.17, 15) is 0 Å². The first kappa shape index (κ1) is 16.0. The van der Waals surface area contributed by atoms with Gasteiger partial charge >= 0.3 is 0 Å². The summed E-state index contributed by atoms with van der Waals surface area (Å²) < 4.78 is 11.2. The fraction of sp³-hybridized carbons (Fsp3) is 0.200. The first-order valence-electron chi connectivity index (χ1n) is 7.12. The van der Waals surface area contributed by atoms with E-state index in [0.29, 0.717) is 35.8 Å². The lowest BCUT2D eigenvalue weighted by Crippen LogP contribution is -2.03. The first-order chi connectivity index (χ1) is 11.7. The van der Waals surface area contributed by atoms with Gasteiger partial charge in [-0.25, -0.2) is 4.98 Å². The Hall–Kier alpha value is -2.87. The Morgan fingerprint density at radius 1 is 1.17 bits per heavy atom. The van der Waals surface area contributed by atoms with Crippen molar-refractivity contribution in [1.29, 1.82) is 0 Å². The van der Waals surface area contributed by atoms with Crippen LogP contribution >= 0.6 is 11.6 Å². The number of nitrogens with zero attached hydrogens (tertiary/aromatic N) is 4. The number of halogens is 1. The number of hydrogen-bond donors (Lipinski definition) is 2. The van der Waals surface area contributed by atoms with Crippen LogP contribution in [0.1, 0.15) is 11.1 Å². The van der Waals surface area contributed by atoms with Gasteiger partial charge in [-0.2, -0.15) is 5.21 Å². The number of tetrazole rings is 1. The summed E-state index contributed by atoms with van der Waals surface area (Å²) >= 11 is 5.77. The molecule has 0 amide bonds. The normalized spacial score (nSPS) is 10.4. The summed E-state index contributed by atoms with van der Waals surface area (Å²) in [4.78, 5) is 4.02. The third kappa shape index (κ3) is 4.11. The number of aromatic amines is 1. The average molecular weight is 347 g/mol. The summed E-state index contributed by atoms with van der Waals surface area (Å²) in [7, 11) is 1.60. The van der Waals surface area contributed by atoms with E-state index in [4.69, 9.17) is 21.1 Å². The van der Waals surface area contributed by atoms with Crippen molar-refractivity contribution >= 4 is 17.5 Å². The second kappa shape index (κ2) is 7.60. The molecule has 3 rings (SSSR count). The summed E-state index contributed by atoms with van der Waals surface area (Å²) in [6.07, 6.45) is 1.68. The van der Waals surface area contributed by atoms with Gasteiger partial charge in [0, 0.05) is 18.3 Å². The molecule has 2 heterocycles. The SMILES string of the molecule is COc1cc(CNc2nn[nH]n2)ccc1OCc1ccc(Cl)nc1. The molecule has 0 saturated heterocycles. The predicted molar refractivity (Wildman–Crippen MR) is 88.1 cm³/mol. The largest absolute Gasteiger partial charge is 0.493 e. The molecule has 2 N–H and O–H groups in total. The van der Waals surface area contributed by atoms with E-state index < -0.39 is 0 Å². The molecule has 0 aliphatic carbocycles. The molecule has 0 aliphatic rings. The summed E-state index contributed by atoms with van der Waals surface area (Å²) in [5.41, 5.74) is 1.92. The fourth-order valence-electron chi connectivity index (χ4n) is 2.01. The quantitative estimate of drug-likeness (QED) is 0.634. The molecule has 2 aromatic heterocycles. The summed E-state index contributed by atoms with van der Waals surface area (Å²) in [5.74, 6) is 1.73. The Labute approximate surface area is 143 Å². The van der Waals surface area contributed by atoms with Gasteiger partial charge in [0.2, 0.25) is 0 Å². The van der Waals surface area contributed by atoms with E-state index >= 15 is 0 Å². The highest BCUT2D eigenvalue weighted by Gasteiger charge is 2.07. The summed E-state index contributed by atoms with van der Waals surface area (Å²) in [6.45, 7) is 0.915. The first-order valence-corrected chi connectivity index (χ1v) is 7.50. The van der Waals surface area contributed by atoms with Crippen LogP contribution in [0.25, 0.3) is 0 Å². The molecular weight excluding hydrogens is 332 g/mol. The maximum Gasteiger partial charge on any atom is 0.263 e. The molecule has 8 nitrogen and oxygen atoms in total. The molecule has 9 heteroatoms. The molecular formula is C15H15ClN6O2. The summed E-state index contributed by atoms with van der Waals surface area (Å²) in [5, 5.41) is 17.0. The Balaban J connectivity index is 1.63. The smallest absolute Gasteiger partial charge is 0.263 e. The van der Waals surface area contributed by atoms with Gasteiger partial charge in [0.05, 0.1) is 7.11 Å². The maximum atomic E-state index is 5.79. The number of nitrogens with one attached hydrogen (secondary N) is 2. The number of rotatable bonds is 7. The van der Waals surface area contributed by atoms with E-state index in [1.165, 1.54) is 0 Å². The minimum absolute atomic E-state index is 0.376. The number of ether oxygens (including phenoxy) is 2. The van der Waals surface area contributed by atoms with Crippen LogP contribution in [0.15, 0.2) is 36.5 Å². The van der Waals surface area contributed by atoms with Crippen molar-refractivity contribution in [2.24, 2.45) is 0 Å². The van der Waals surface area contributed by atoms with Crippen LogP contribution in [0.2, 0.25) is 5.15 Å². The van der Waals surface area contributed by atoms with Gasteiger partial charge in [-0.3, -0.25) is 0 Å². The zero-order valence-corrected chi connectivity index (χ0v) is 13.6. The molecule has 0 radical (unpaired) electrons. The molecule has 0 spiro atoms. The minimum Gasteiger partial charge on any atom is -0.493 e. The van der Waals surface area contributed by atoms with E-state index in [0.717, 1.165) is 11.1 Å². The molecule has 0 saturated carbocycles. The van der Waals surface area contributed by atoms with E-state index in [-0.39, 0.29) is 0 Å². The molecule has 1 aromatic carbocycles. The third-order valence-corrected chi connectivity index (χ3v) is 3.43. The Bertz CT molecular complexity index is 779. The van der Waals surface area contributed by atoms with Gasteiger partial charge in [-0.1, -0.05) is 28.8 Å². The highest BCUT2D eigenvalue weighted by Crippen LogP contribution is 2.29. The second-order valence-electron chi connectivity index (χ2n) is 4.85. The highest BCUT2D eigenvalue weighted by atomic mass is 35.5. The van der Waals surface area contributed by atoms with Crippen LogP contribution in [0.3, 0.4) is 0 Å². The van der Waals surface area contributed by atoms with Crippen LogP contribution in [-0.2, 0) is 13.2 Å².